The third kappa shape index (κ3) is 14.2. The van der Waals surface area contributed by atoms with Crippen molar-refractivity contribution < 1.29 is 48.0 Å². The van der Waals surface area contributed by atoms with Crippen LogP contribution in [0.3, 0.4) is 0 Å². The summed E-state index contributed by atoms with van der Waals surface area (Å²) in [5.41, 5.74) is -0.822. The maximum Gasteiger partial charge on any atom is 0.513 e. The van der Waals surface area contributed by atoms with Gasteiger partial charge in [0.25, 0.3) is 0 Å². The van der Waals surface area contributed by atoms with Gasteiger partial charge in [0.2, 0.25) is 0 Å². The van der Waals surface area contributed by atoms with Gasteiger partial charge in [0.15, 0.2) is 11.5 Å². The summed E-state index contributed by atoms with van der Waals surface area (Å²) in [7, 11) is 0. The number of esters is 1. The van der Waals surface area contributed by atoms with Crippen molar-refractivity contribution in [2.45, 2.75) is 87.8 Å². The van der Waals surface area contributed by atoms with E-state index in [1.54, 1.807) is 33.8 Å². The van der Waals surface area contributed by atoms with E-state index < -0.39 is 41.8 Å². The summed E-state index contributed by atoms with van der Waals surface area (Å²) in [6, 6.07) is 3.26. The summed E-state index contributed by atoms with van der Waals surface area (Å²) in [4.78, 5) is 48.7. The second-order valence-electron chi connectivity index (χ2n) is 13.2. The minimum atomic E-state index is -1.13. The fraction of sp³-hybridized carbons (Fsp3) is 0.655. The van der Waals surface area contributed by atoms with Crippen LogP contribution < -0.4 is 14.8 Å². The number of carbonyl (C=O) groups excluding carboxylic acids is 3. The number of rotatable bonds is 11. The van der Waals surface area contributed by atoms with E-state index in [1.165, 1.54) is 12.1 Å². The van der Waals surface area contributed by atoms with Crippen LogP contribution in [0.15, 0.2) is 18.2 Å². The zero-order chi connectivity index (χ0) is 30.9. The van der Waals surface area contributed by atoms with Gasteiger partial charge in [-0.05, 0) is 62.6 Å². The maximum absolute atomic E-state index is 12.4. The molecule has 0 aliphatic carbocycles. The summed E-state index contributed by atoms with van der Waals surface area (Å²) in [6.07, 6.45) is -2.58. The van der Waals surface area contributed by atoms with Crippen molar-refractivity contribution in [3.8, 4) is 11.5 Å². The van der Waals surface area contributed by atoms with Crippen LogP contribution in [0.2, 0.25) is 0 Å². The zero-order valence-electron chi connectivity index (χ0n) is 25.3. The molecule has 40 heavy (non-hydrogen) atoms. The molecule has 226 valence electrons. The molecular weight excluding hydrogens is 522 g/mol. The molecule has 0 fully saturated rings. The highest BCUT2D eigenvalue weighted by Crippen LogP contribution is 2.30. The molecule has 0 saturated carbocycles. The average Bonchev–Trinajstić information content (AvgIpc) is 2.79. The molecule has 11 heteroatoms. The van der Waals surface area contributed by atoms with Gasteiger partial charge in [-0.1, -0.05) is 47.6 Å². The minimum Gasteiger partial charge on any atom is -0.480 e. The lowest BCUT2D eigenvalue weighted by Crippen LogP contribution is -2.43. The minimum absolute atomic E-state index is 0.0164. The van der Waals surface area contributed by atoms with Crippen molar-refractivity contribution in [3.63, 3.8) is 0 Å². The normalized spacial score (nSPS) is 13.6. The van der Waals surface area contributed by atoms with Crippen molar-refractivity contribution in [1.29, 1.82) is 0 Å². The van der Waals surface area contributed by atoms with E-state index in [2.05, 4.69) is 5.32 Å². The summed E-state index contributed by atoms with van der Waals surface area (Å²) in [5.74, 6) is -1.77. The molecule has 2 N–H and O–H groups in total. The summed E-state index contributed by atoms with van der Waals surface area (Å²) < 4.78 is 26.3. The van der Waals surface area contributed by atoms with Gasteiger partial charge in [-0.3, -0.25) is 9.59 Å². The number of ether oxygens (including phenoxy) is 5. The van der Waals surface area contributed by atoms with E-state index >= 15 is 0 Å². The maximum atomic E-state index is 12.4. The summed E-state index contributed by atoms with van der Waals surface area (Å²) in [6.45, 7) is 18.4. The van der Waals surface area contributed by atoms with Crippen molar-refractivity contribution in [1.82, 2.24) is 5.32 Å². The van der Waals surface area contributed by atoms with Crippen molar-refractivity contribution in [2.24, 2.45) is 16.2 Å². The molecule has 1 aromatic carbocycles. The molecule has 11 nitrogen and oxygen atoms in total. The Kier molecular flexibility index (Phi) is 12.4. The number of aliphatic carboxylic acids is 1. The Labute approximate surface area is 236 Å². The largest absolute Gasteiger partial charge is 0.513 e. The van der Waals surface area contributed by atoms with Gasteiger partial charge in [-0.2, -0.15) is 0 Å². The Balaban J connectivity index is 3.07. The van der Waals surface area contributed by atoms with E-state index in [0.29, 0.717) is 5.56 Å². The quantitative estimate of drug-likeness (QED) is 0.202. The van der Waals surface area contributed by atoms with Crippen LogP contribution in [-0.2, 0) is 30.2 Å². The van der Waals surface area contributed by atoms with Gasteiger partial charge in [0.05, 0.1) is 18.6 Å². The van der Waals surface area contributed by atoms with E-state index in [-0.39, 0.29) is 48.5 Å². The van der Waals surface area contributed by atoms with Crippen LogP contribution >= 0.6 is 0 Å². The standard InChI is InChI=1S/C29H45NO10/c1-18(38-24(33)29(8,9)10)15-30-20(23(31)32)13-19-11-12-21(39-25(34)36-16-27(2,3)4)22(14-19)40-26(35)37-17-28(5,6)7/h11-12,14,18,20,30H,13,15-17H2,1-10H3,(H,31,32)/t18?,20-/m0/s1. The molecule has 0 aliphatic rings. The molecule has 0 saturated heterocycles. The first-order valence-corrected chi connectivity index (χ1v) is 13.2. The average molecular weight is 568 g/mol. The fourth-order valence-electron chi connectivity index (χ4n) is 2.82. The fourth-order valence-corrected chi connectivity index (χ4v) is 2.82. The second kappa shape index (κ2) is 14.3. The van der Waals surface area contributed by atoms with E-state index in [0.717, 1.165) is 0 Å². The van der Waals surface area contributed by atoms with E-state index in [4.69, 9.17) is 23.7 Å². The molecule has 0 spiro atoms. The Hall–Kier alpha value is -3.34. The highest BCUT2D eigenvalue weighted by atomic mass is 16.7. The lowest BCUT2D eigenvalue weighted by molar-refractivity contribution is -0.157. The molecule has 0 heterocycles. The highest BCUT2D eigenvalue weighted by Gasteiger charge is 2.27. The first-order chi connectivity index (χ1) is 18.2. The third-order valence-electron chi connectivity index (χ3n) is 4.95. The molecule has 0 radical (unpaired) electrons. The Morgan fingerprint density at radius 1 is 0.825 bits per heavy atom. The van der Waals surface area contributed by atoms with Crippen LogP contribution in [-0.4, -0.2) is 61.3 Å². The van der Waals surface area contributed by atoms with Gasteiger partial charge in [0, 0.05) is 6.54 Å². The van der Waals surface area contributed by atoms with Gasteiger partial charge >= 0.3 is 24.2 Å². The Morgan fingerprint density at radius 3 is 1.77 bits per heavy atom. The predicted octanol–water partition coefficient (Wildman–Crippen LogP) is 5.37. The van der Waals surface area contributed by atoms with Crippen LogP contribution in [0.25, 0.3) is 0 Å². The molecular formula is C29H45NO10. The number of nitrogens with one attached hydrogen (secondary N) is 1. The zero-order valence-corrected chi connectivity index (χ0v) is 25.3. The molecule has 0 amide bonds. The first kappa shape index (κ1) is 34.7. The van der Waals surface area contributed by atoms with Gasteiger partial charge in [0.1, 0.15) is 12.1 Å². The van der Waals surface area contributed by atoms with E-state index in [1.807, 2.05) is 41.5 Å². The van der Waals surface area contributed by atoms with Crippen LogP contribution in [0.5, 0.6) is 11.5 Å². The monoisotopic (exact) mass is 567 g/mol. The number of hydrogen-bond acceptors (Lipinski definition) is 10. The SMILES string of the molecule is CC(CN[C@@H](Cc1ccc(OC(=O)OCC(C)(C)C)c(OC(=O)OCC(C)(C)C)c1)C(=O)O)OC(=O)C(C)(C)C. The number of carboxylic acids is 1. The molecule has 0 aliphatic heterocycles. The van der Waals surface area contributed by atoms with Gasteiger partial charge in [-0.15, -0.1) is 0 Å². The molecule has 2 atom stereocenters. The number of benzene rings is 1. The Morgan fingerprint density at radius 2 is 1.32 bits per heavy atom. The second-order valence-corrected chi connectivity index (χ2v) is 13.2. The molecule has 1 aromatic rings. The molecule has 1 rings (SSSR count). The van der Waals surface area contributed by atoms with Crippen LogP contribution in [0, 0.1) is 16.2 Å². The Bertz CT molecular complexity index is 1030. The predicted molar refractivity (Wildman–Crippen MR) is 147 cm³/mol. The smallest absolute Gasteiger partial charge is 0.480 e. The summed E-state index contributed by atoms with van der Waals surface area (Å²) >= 11 is 0. The summed E-state index contributed by atoms with van der Waals surface area (Å²) in [5, 5.41) is 12.6. The molecule has 0 aromatic heterocycles. The van der Waals surface area contributed by atoms with Crippen LogP contribution in [0.4, 0.5) is 9.59 Å². The number of carbonyl (C=O) groups is 4. The van der Waals surface area contributed by atoms with E-state index in [9.17, 15) is 24.3 Å². The lowest BCUT2D eigenvalue weighted by Gasteiger charge is -2.23. The topological polar surface area (TPSA) is 147 Å². The highest BCUT2D eigenvalue weighted by molar-refractivity contribution is 5.76. The van der Waals surface area contributed by atoms with Crippen LogP contribution in [0.1, 0.15) is 74.8 Å². The lowest BCUT2D eigenvalue weighted by atomic mass is 9.97. The number of carboxylic acid groups (broad SMARTS) is 1. The van der Waals surface area contributed by atoms with Gasteiger partial charge < -0.3 is 34.1 Å². The molecule has 0 bridgehead atoms. The van der Waals surface area contributed by atoms with Crippen molar-refractivity contribution in [2.75, 3.05) is 19.8 Å². The molecule has 1 unspecified atom stereocenters. The first-order valence-electron chi connectivity index (χ1n) is 13.2. The van der Waals surface area contributed by atoms with Crippen molar-refractivity contribution in [3.05, 3.63) is 23.8 Å². The number of hydrogen-bond donors (Lipinski definition) is 2. The van der Waals surface area contributed by atoms with Crippen molar-refractivity contribution >= 4 is 24.2 Å². The van der Waals surface area contributed by atoms with Gasteiger partial charge in [-0.25, -0.2) is 9.59 Å². The third-order valence-corrected chi connectivity index (χ3v) is 4.95.